The Morgan fingerprint density at radius 3 is 2.12 bits per heavy atom. The lowest BCUT2D eigenvalue weighted by Gasteiger charge is -2.28. The quantitative estimate of drug-likeness (QED) is 0.632. The second-order valence-corrected chi connectivity index (χ2v) is 5.49. The molecule has 0 aromatic heterocycles. The fourth-order valence-electron chi connectivity index (χ4n) is 1.91. The van der Waals surface area contributed by atoms with Crippen LogP contribution in [0.15, 0.2) is 0 Å². The zero-order valence-electron chi connectivity index (χ0n) is 12.0. The Kier molecular flexibility index (Phi) is 9.14. The minimum atomic E-state index is 0.307. The van der Waals surface area contributed by atoms with Crippen molar-refractivity contribution in [2.45, 2.75) is 65.8 Å². The lowest BCUT2D eigenvalue weighted by Crippen LogP contribution is -2.39. The monoisotopic (exact) mass is 242 g/mol. The molecule has 0 fully saturated rings. The van der Waals surface area contributed by atoms with Crippen LogP contribution in [0.5, 0.6) is 0 Å². The summed E-state index contributed by atoms with van der Waals surface area (Å²) in [7, 11) is 0. The SMILES string of the molecule is CC(C)CN(C(=O)CCCCCCN)C(C)C. The molecule has 3 heteroatoms. The van der Waals surface area contributed by atoms with Gasteiger partial charge in [-0.3, -0.25) is 4.79 Å². The fraction of sp³-hybridized carbons (Fsp3) is 0.929. The molecule has 0 rings (SSSR count). The van der Waals surface area contributed by atoms with Gasteiger partial charge in [-0.05, 0) is 39.2 Å². The van der Waals surface area contributed by atoms with Crippen molar-refractivity contribution in [2.75, 3.05) is 13.1 Å². The van der Waals surface area contributed by atoms with Gasteiger partial charge in [0.15, 0.2) is 0 Å². The zero-order chi connectivity index (χ0) is 13.3. The lowest BCUT2D eigenvalue weighted by atomic mass is 10.1. The number of rotatable bonds is 9. The molecule has 0 bridgehead atoms. The Bertz CT molecular complexity index is 202. The first-order valence-electron chi connectivity index (χ1n) is 6.98. The minimum Gasteiger partial charge on any atom is -0.340 e. The molecule has 0 aliphatic heterocycles. The predicted octanol–water partition coefficient (Wildman–Crippen LogP) is 2.79. The molecule has 0 saturated carbocycles. The van der Waals surface area contributed by atoms with E-state index in [9.17, 15) is 4.79 Å². The van der Waals surface area contributed by atoms with Crippen LogP contribution >= 0.6 is 0 Å². The summed E-state index contributed by atoms with van der Waals surface area (Å²) in [5, 5.41) is 0. The van der Waals surface area contributed by atoms with E-state index >= 15 is 0 Å². The van der Waals surface area contributed by atoms with Gasteiger partial charge in [0.25, 0.3) is 0 Å². The van der Waals surface area contributed by atoms with Gasteiger partial charge in [-0.25, -0.2) is 0 Å². The van der Waals surface area contributed by atoms with Gasteiger partial charge in [-0.15, -0.1) is 0 Å². The number of nitrogens with two attached hydrogens (primary N) is 1. The standard InChI is InChI=1S/C14H30N2O/c1-12(2)11-16(13(3)4)14(17)9-7-5-6-8-10-15/h12-13H,5-11,15H2,1-4H3. The molecule has 0 unspecified atom stereocenters. The van der Waals surface area contributed by atoms with Crippen molar-refractivity contribution in [2.24, 2.45) is 11.7 Å². The highest BCUT2D eigenvalue weighted by Gasteiger charge is 2.17. The van der Waals surface area contributed by atoms with Gasteiger partial charge in [0, 0.05) is 19.0 Å². The van der Waals surface area contributed by atoms with E-state index in [0.29, 0.717) is 24.3 Å². The number of carbonyl (C=O) groups excluding carboxylic acids is 1. The van der Waals surface area contributed by atoms with Crippen LogP contribution in [0.3, 0.4) is 0 Å². The van der Waals surface area contributed by atoms with Crippen LogP contribution in [0.2, 0.25) is 0 Å². The third-order valence-corrected chi connectivity index (χ3v) is 2.85. The topological polar surface area (TPSA) is 46.3 Å². The number of hydrogen-bond acceptors (Lipinski definition) is 2. The second-order valence-electron chi connectivity index (χ2n) is 5.49. The maximum atomic E-state index is 12.1. The van der Waals surface area contributed by atoms with Crippen molar-refractivity contribution in [1.82, 2.24) is 4.90 Å². The Hall–Kier alpha value is -0.570. The van der Waals surface area contributed by atoms with Crippen molar-refractivity contribution in [3.8, 4) is 0 Å². The number of nitrogens with zero attached hydrogens (tertiary/aromatic N) is 1. The molecule has 102 valence electrons. The number of hydrogen-bond donors (Lipinski definition) is 1. The van der Waals surface area contributed by atoms with Crippen LogP contribution in [0, 0.1) is 5.92 Å². The first-order valence-corrected chi connectivity index (χ1v) is 6.98. The molecule has 3 nitrogen and oxygen atoms in total. The molecule has 2 N–H and O–H groups in total. The minimum absolute atomic E-state index is 0.307. The molecular formula is C14H30N2O. The van der Waals surface area contributed by atoms with Crippen molar-refractivity contribution < 1.29 is 4.79 Å². The van der Waals surface area contributed by atoms with Crippen LogP contribution in [-0.4, -0.2) is 29.9 Å². The van der Waals surface area contributed by atoms with Gasteiger partial charge in [-0.1, -0.05) is 26.7 Å². The summed E-state index contributed by atoms with van der Waals surface area (Å²) in [5.74, 6) is 0.847. The largest absolute Gasteiger partial charge is 0.340 e. The third-order valence-electron chi connectivity index (χ3n) is 2.85. The van der Waals surface area contributed by atoms with E-state index in [1.807, 2.05) is 4.90 Å². The Morgan fingerprint density at radius 1 is 1.06 bits per heavy atom. The third kappa shape index (κ3) is 8.19. The summed E-state index contributed by atoms with van der Waals surface area (Å²) in [6.07, 6.45) is 5.04. The first-order chi connectivity index (χ1) is 7.99. The Labute approximate surface area is 107 Å². The van der Waals surface area contributed by atoms with Gasteiger partial charge in [0.05, 0.1) is 0 Å². The number of unbranched alkanes of at least 4 members (excludes halogenated alkanes) is 3. The summed E-state index contributed by atoms with van der Waals surface area (Å²) in [6.45, 7) is 10.1. The summed E-state index contributed by atoms with van der Waals surface area (Å²) >= 11 is 0. The lowest BCUT2D eigenvalue weighted by molar-refractivity contribution is -0.133. The highest BCUT2D eigenvalue weighted by Crippen LogP contribution is 2.10. The molecule has 0 heterocycles. The molecule has 0 aliphatic rings. The Morgan fingerprint density at radius 2 is 1.65 bits per heavy atom. The van der Waals surface area contributed by atoms with Crippen molar-refractivity contribution >= 4 is 5.91 Å². The highest BCUT2D eigenvalue weighted by atomic mass is 16.2. The summed E-state index contributed by atoms with van der Waals surface area (Å²) in [4.78, 5) is 14.1. The van der Waals surface area contributed by atoms with E-state index in [1.165, 1.54) is 0 Å². The highest BCUT2D eigenvalue weighted by molar-refractivity contribution is 5.76. The van der Waals surface area contributed by atoms with Gasteiger partial charge in [0.1, 0.15) is 0 Å². The predicted molar refractivity (Wildman–Crippen MR) is 73.8 cm³/mol. The van der Waals surface area contributed by atoms with E-state index in [-0.39, 0.29) is 0 Å². The number of amides is 1. The van der Waals surface area contributed by atoms with Crippen LogP contribution < -0.4 is 5.73 Å². The summed E-state index contributed by atoms with van der Waals surface area (Å²) in [5.41, 5.74) is 5.44. The molecule has 0 radical (unpaired) electrons. The second kappa shape index (κ2) is 9.46. The maximum absolute atomic E-state index is 12.1. The van der Waals surface area contributed by atoms with E-state index in [0.717, 1.165) is 38.8 Å². The van der Waals surface area contributed by atoms with E-state index in [2.05, 4.69) is 27.7 Å². The summed E-state index contributed by atoms with van der Waals surface area (Å²) in [6, 6.07) is 0.314. The molecule has 0 aromatic rings. The van der Waals surface area contributed by atoms with E-state index in [1.54, 1.807) is 0 Å². The van der Waals surface area contributed by atoms with Gasteiger partial charge < -0.3 is 10.6 Å². The van der Waals surface area contributed by atoms with E-state index in [4.69, 9.17) is 5.73 Å². The van der Waals surface area contributed by atoms with Crippen LogP contribution in [0.25, 0.3) is 0 Å². The molecular weight excluding hydrogens is 212 g/mol. The zero-order valence-corrected chi connectivity index (χ0v) is 12.0. The van der Waals surface area contributed by atoms with Crippen molar-refractivity contribution in [3.05, 3.63) is 0 Å². The molecule has 0 saturated heterocycles. The van der Waals surface area contributed by atoms with Gasteiger partial charge in [0.2, 0.25) is 5.91 Å². The van der Waals surface area contributed by atoms with Gasteiger partial charge >= 0.3 is 0 Å². The van der Waals surface area contributed by atoms with Crippen molar-refractivity contribution in [3.63, 3.8) is 0 Å². The smallest absolute Gasteiger partial charge is 0.222 e. The summed E-state index contributed by atoms with van der Waals surface area (Å²) < 4.78 is 0. The molecule has 0 atom stereocenters. The Balaban J connectivity index is 3.90. The maximum Gasteiger partial charge on any atom is 0.222 e. The molecule has 0 aromatic carbocycles. The fourth-order valence-corrected chi connectivity index (χ4v) is 1.91. The van der Waals surface area contributed by atoms with Crippen LogP contribution in [0.4, 0.5) is 0 Å². The molecule has 0 aliphatic carbocycles. The van der Waals surface area contributed by atoms with Crippen LogP contribution in [-0.2, 0) is 4.79 Å². The number of carbonyl (C=O) groups is 1. The van der Waals surface area contributed by atoms with E-state index < -0.39 is 0 Å². The normalized spacial score (nSPS) is 11.2. The first kappa shape index (κ1) is 16.4. The molecule has 17 heavy (non-hydrogen) atoms. The molecule has 0 spiro atoms. The van der Waals surface area contributed by atoms with Gasteiger partial charge in [-0.2, -0.15) is 0 Å². The average Bonchev–Trinajstić information content (AvgIpc) is 2.24. The average molecular weight is 242 g/mol. The molecule has 1 amide bonds. The van der Waals surface area contributed by atoms with Crippen molar-refractivity contribution in [1.29, 1.82) is 0 Å². The van der Waals surface area contributed by atoms with Crippen LogP contribution in [0.1, 0.15) is 59.8 Å².